The summed E-state index contributed by atoms with van der Waals surface area (Å²) in [7, 11) is 0. The van der Waals surface area contributed by atoms with Crippen molar-refractivity contribution in [3.63, 3.8) is 0 Å². The molecule has 0 unspecified atom stereocenters. The highest BCUT2D eigenvalue weighted by Crippen LogP contribution is 2.20. The molecule has 1 aromatic heterocycles. The van der Waals surface area contributed by atoms with E-state index in [1.165, 1.54) is 0 Å². The molecule has 0 aliphatic heterocycles. The fourth-order valence-electron chi connectivity index (χ4n) is 2.01. The number of carboxylic acids is 1. The lowest BCUT2D eigenvalue weighted by Crippen LogP contribution is -2.14. The van der Waals surface area contributed by atoms with E-state index < -0.39 is 5.97 Å². The summed E-state index contributed by atoms with van der Waals surface area (Å²) in [5.74, 6) is -0.133. The van der Waals surface area contributed by atoms with E-state index in [4.69, 9.17) is 9.84 Å². The molecule has 0 saturated heterocycles. The van der Waals surface area contributed by atoms with Gasteiger partial charge in [-0.1, -0.05) is 6.07 Å². The van der Waals surface area contributed by atoms with Crippen LogP contribution < -0.4 is 10.3 Å². The number of nitrogens with one attached hydrogen (secondary N) is 1. The van der Waals surface area contributed by atoms with Crippen LogP contribution in [-0.4, -0.2) is 22.7 Å². The Morgan fingerprint density at radius 3 is 2.48 bits per heavy atom. The minimum absolute atomic E-state index is 0.0501. The smallest absolute Gasteiger partial charge is 0.303 e. The average molecular weight is 287 g/mol. The van der Waals surface area contributed by atoms with Crippen molar-refractivity contribution in [2.24, 2.45) is 0 Å². The summed E-state index contributed by atoms with van der Waals surface area (Å²) in [5, 5.41) is 8.64. The lowest BCUT2D eigenvalue weighted by Gasteiger charge is -2.06. The Kier molecular flexibility index (Phi) is 4.77. The zero-order valence-electron chi connectivity index (χ0n) is 11.8. The summed E-state index contributed by atoms with van der Waals surface area (Å²) in [5.41, 5.74) is 1.80. The van der Waals surface area contributed by atoms with Gasteiger partial charge in [0.2, 0.25) is 0 Å². The predicted octanol–water partition coefficient (Wildman–Crippen LogP) is 2.46. The molecule has 2 aromatic rings. The highest BCUT2D eigenvalue weighted by molar-refractivity contribution is 5.67. The molecular weight excluding hydrogens is 270 g/mol. The predicted molar refractivity (Wildman–Crippen MR) is 79.6 cm³/mol. The van der Waals surface area contributed by atoms with E-state index in [0.717, 1.165) is 11.3 Å². The van der Waals surface area contributed by atoms with Gasteiger partial charge in [0.25, 0.3) is 5.56 Å². The van der Waals surface area contributed by atoms with Crippen LogP contribution >= 0.6 is 0 Å². The van der Waals surface area contributed by atoms with Crippen molar-refractivity contribution in [3.05, 3.63) is 52.3 Å². The van der Waals surface area contributed by atoms with Gasteiger partial charge in [-0.25, -0.2) is 0 Å². The molecule has 0 radical (unpaired) electrons. The highest BCUT2D eigenvalue weighted by Gasteiger charge is 2.06. The fraction of sp³-hybridized carbons (Fsp3) is 0.250. The summed E-state index contributed by atoms with van der Waals surface area (Å²) in [6.45, 7) is 2.52. The summed E-state index contributed by atoms with van der Waals surface area (Å²) in [6.07, 6.45) is 0.180. The SMILES string of the molecule is CCOc1ccc(-c2ccc(CCC(=O)O)c(=O)[nH]2)cc1. The maximum Gasteiger partial charge on any atom is 0.303 e. The number of ether oxygens (including phenoxy) is 1. The number of pyridine rings is 1. The van der Waals surface area contributed by atoms with Crippen molar-refractivity contribution in [3.8, 4) is 17.0 Å². The molecular formula is C16H17NO4. The van der Waals surface area contributed by atoms with Gasteiger partial charge < -0.3 is 14.8 Å². The first-order valence-corrected chi connectivity index (χ1v) is 6.77. The number of benzene rings is 1. The standard InChI is InChI=1S/C16H17NO4/c1-2-21-13-7-3-11(4-8-13)14-9-5-12(16(20)17-14)6-10-15(18)19/h3-5,7-9H,2,6,10H2,1H3,(H,17,20)(H,18,19). The molecule has 1 heterocycles. The number of aromatic amines is 1. The summed E-state index contributed by atoms with van der Waals surface area (Å²) >= 11 is 0. The number of carbonyl (C=O) groups is 1. The Balaban J connectivity index is 2.19. The van der Waals surface area contributed by atoms with Crippen LogP contribution in [0.1, 0.15) is 18.9 Å². The zero-order chi connectivity index (χ0) is 15.2. The molecule has 0 fully saturated rings. The zero-order valence-corrected chi connectivity index (χ0v) is 11.8. The maximum atomic E-state index is 11.9. The van der Waals surface area contributed by atoms with Crippen LogP contribution in [0.2, 0.25) is 0 Å². The minimum Gasteiger partial charge on any atom is -0.494 e. The number of carboxylic acid groups (broad SMARTS) is 1. The van der Waals surface area contributed by atoms with E-state index in [1.807, 2.05) is 31.2 Å². The van der Waals surface area contributed by atoms with Crippen LogP contribution in [0, 0.1) is 0 Å². The van der Waals surface area contributed by atoms with Crippen molar-refractivity contribution in [1.29, 1.82) is 0 Å². The summed E-state index contributed by atoms with van der Waals surface area (Å²) < 4.78 is 5.37. The van der Waals surface area contributed by atoms with E-state index in [9.17, 15) is 9.59 Å². The number of aromatic nitrogens is 1. The van der Waals surface area contributed by atoms with Crippen LogP contribution in [0.25, 0.3) is 11.3 Å². The van der Waals surface area contributed by atoms with E-state index in [0.29, 0.717) is 17.9 Å². The van der Waals surface area contributed by atoms with Crippen LogP contribution in [0.5, 0.6) is 5.75 Å². The van der Waals surface area contributed by atoms with E-state index in [-0.39, 0.29) is 18.4 Å². The van der Waals surface area contributed by atoms with E-state index >= 15 is 0 Å². The van der Waals surface area contributed by atoms with Gasteiger partial charge in [0.15, 0.2) is 0 Å². The Labute approximate surface area is 122 Å². The lowest BCUT2D eigenvalue weighted by molar-refractivity contribution is -0.136. The molecule has 2 rings (SSSR count). The first-order valence-electron chi connectivity index (χ1n) is 6.77. The maximum absolute atomic E-state index is 11.9. The number of hydrogen-bond donors (Lipinski definition) is 2. The third-order valence-corrected chi connectivity index (χ3v) is 3.08. The van der Waals surface area contributed by atoms with Gasteiger partial charge in [-0.3, -0.25) is 9.59 Å². The van der Waals surface area contributed by atoms with Gasteiger partial charge >= 0.3 is 5.97 Å². The molecule has 0 amide bonds. The summed E-state index contributed by atoms with van der Waals surface area (Å²) in [6, 6.07) is 10.9. The van der Waals surface area contributed by atoms with Gasteiger partial charge in [0.05, 0.1) is 6.61 Å². The molecule has 0 aliphatic carbocycles. The molecule has 0 atom stereocenters. The van der Waals surface area contributed by atoms with Crippen LogP contribution in [-0.2, 0) is 11.2 Å². The normalized spacial score (nSPS) is 10.3. The van der Waals surface area contributed by atoms with Crippen LogP contribution in [0.4, 0.5) is 0 Å². The van der Waals surface area contributed by atoms with Gasteiger partial charge in [0, 0.05) is 17.7 Å². The third-order valence-electron chi connectivity index (χ3n) is 3.08. The Hall–Kier alpha value is -2.56. The number of hydrogen-bond acceptors (Lipinski definition) is 3. The van der Waals surface area contributed by atoms with Gasteiger partial charge in [0.1, 0.15) is 5.75 Å². The molecule has 0 bridgehead atoms. The molecule has 5 nitrogen and oxygen atoms in total. The first kappa shape index (κ1) is 14.8. The third kappa shape index (κ3) is 3.95. The largest absolute Gasteiger partial charge is 0.494 e. The number of H-pyrrole nitrogens is 1. The van der Waals surface area contributed by atoms with Gasteiger partial charge in [-0.2, -0.15) is 0 Å². The molecule has 5 heteroatoms. The molecule has 110 valence electrons. The highest BCUT2D eigenvalue weighted by atomic mass is 16.5. The van der Waals surface area contributed by atoms with E-state index in [1.54, 1.807) is 12.1 Å². The molecule has 0 aliphatic rings. The molecule has 21 heavy (non-hydrogen) atoms. The second-order valence-corrected chi connectivity index (χ2v) is 4.58. The Morgan fingerprint density at radius 2 is 1.90 bits per heavy atom. The van der Waals surface area contributed by atoms with Gasteiger partial charge in [-0.15, -0.1) is 0 Å². The topological polar surface area (TPSA) is 79.4 Å². The monoisotopic (exact) mass is 287 g/mol. The molecule has 0 saturated carbocycles. The molecule has 0 spiro atoms. The lowest BCUT2D eigenvalue weighted by atomic mass is 10.1. The minimum atomic E-state index is -0.912. The number of aliphatic carboxylic acids is 1. The average Bonchev–Trinajstić information content (AvgIpc) is 2.47. The van der Waals surface area contributed by atoms with Crippen LogP contribution in [0.3, 0.4) is 0 Å². The van der Waals surface area contributed by atoms with Crippen molar-refractivity contribution in [1.82, 2.24) is 4.98 Å². The second-order valence-electron chi connectivity index (χ2n) is 4.58. The fourth-order valence-corrected chi connectivity index (χ4v) is 2.01. The molecule has 1 aromatic carbocycles. The van der Waals surface area contributed by atoms with E-state index in [2.05, 4.69) is 4.98 Å². The van der Waals surface area contributed by atoms with Crippen molar-refractivity contribution in [2.75, 3.05) is 6.61 Å². The van der Waals surface area contributed by atoms with Crippen LogP contribution in [0.15, 0.2) is 41.2 Å². The van der Waals surface area contributed by atoms with Crippen molar-refractivity contribution in [2.45, 2.75) is 19.8 Å². The quantitative estimate of drug-likeness (QED) is 0.855. The molecule has 2 N–H and O–H groups in total. The first-order chi connectivity index (χ1) is 10.1. The number of rotatable bonds is 6. The van der Waals surface area contributed by atoms with Gasteiger partial charge in [-0.05, 0) is 49.2 Å². The number of aryl methyl sites for hydroxylation is 1. The second kappa shape index (κ2) is 6.74. The van der Waals surface area contributed by atoms with Crippen molar-refractivity contribution < 1.29 is 14.6 Å². The Morgan fingerprint density at radius 1 is 1.19 bits per heavy atom. The Bertz CT molecular complexity index is 673. The van der Waals surface area contributed by atoms with Crippen molar-refractivity contribution >= 4 is 5.97 Å². The summed E-state index contributed by atoms with van der Waals surface area (Å²) in [4.78, 5) is 25.2.